The van der Waals surface area contributed by atoms with Crippen molar-refractivity contribution in [2.75, 3.05) is 0 Å². The Bertz CT molecular complexity index is 234. The standard InChI is InChI=1S/C13H24N2O2/c16-13(14-11-7-3-1-4-8-11)17-15-12-9-5-2-6-10-12/h11-12,15H,1-10H2,(H,14,16). The Morgan fingerprint density at radius 3 is 1.94 bits per heavy atom. The highest BCUT2D eigenvalue weighted by Gasteiger charge is 2.18. The predicted molar refractivity (Wildman–Crippen MR) is 66.5 cm³/mol. The highest BCUT2D eigenvalue weighted by molar-refractivity contribution is 5.67. The van der Waals surface area contributed by atoms with E-state index in [-0.39, 0.29) is 6.09 Å². The third-order valence-corrected chi connectivity index (χ3v) is 3.85. The number of carbonyl (C=O) groups is 1. The summed E-state index contributed by atoms with van der Waals surface area (Å²) in [7, 11) is 0. The van der Waals surface area contributed by atoms with Crippen molar-refractivity contribution in [3.05, 3.63) is 0 Å². The second-order valence-electron chi connectivity index (χ2n) is 5.32. The van der Waals surface area contributed by atoms with Crippen molar-refractivity contribution in [3.8, 4) is 0 Å². The fourth-order valence-corrected chi connectivity index (χ4v) is 2.80. The van der Waals surface area contributed by atoms with Crippen LogP contribution in [0.3, 0.4) is 0 Å². The average Bonchev–Trinajstić information content (AvgIpc) is 2.39. The van der Waals surface area contributed by atoms with Gasteiger partial charge in [-0.05, 0) is 25.7 Å². The minimum absolute atomic E-state index is 0.303. The molecule has 2 saturated carbocycles. The maximum absolute atomic E-state index is 11.6. The summed E-state index contributed by atoms with van der Waals surface area (Å²) < 4.78 is 0. The summed E-state index contributed by atoms with van der Waals surface area (Å²) in [6, 6.07) is 0.685. The Hall–Kier alpha value is -0.770. The SMILES string of the molecule is O=C(NC1CCCCC1)ONC1CCCCC1. The molecule has 0 aromatic rings. The number of hydrogen-bond donors (Lipinski definition) is 2. The Labute approximate surface area is 103 Å². The van der Waals surface area contributed by atoms with Gasteiger partial charge in [-0.1, -0.05) is 38.5 Å². The zero-order valence-corrected chi connectivity index (χ0v) is 10.5. The van der Waals surface area contributed by atoms with Gasteiger partial charge in [0.25, 0.3) is 0 Å². The molecule has 0 aromatic heterocycles. The lowest BCUT2D eigenvalue weighted by molar-refractivity contribution is 0.0554. The number of carbonyl (C=O) groups excluding carboxylic acids is 1. The van der Waals surface area contributed by atoms with Crippen LogP contribution in [-0.2, 0) is 4.84 Å². The molecule has 0 atom stereocenters. The molecule has 2 aliphatic rings. The van der Waals surface area contributed by atoms with Gasteiger partial charge in [0, 0.05) is 12.1 Å². The monoisotopic (exact) mass is 240 g/mol. The molecule has 0 aromatic carbocycles. The first kappa shape index (κ1) is 12.7. The van der Waals surface area contributed by atoms with Gasteiger partial charge >= 0.3 is 6.09 Å². The normalized spacial score (nSPS) is 23.3. The summed E-state index contributed by atoms with van der Waals surface area (Å²) in [6.45, 7) is 0. The van der Waals surface area contributed by atoms with Crippen molar-refractivity contribution in [3.63, 3.8) is 0 Å². The van der Waals surface area contributed by atoms with Crippen LogP contribution in [-0.4, -0.2) is 18.2 Å². The van der Waals surface area contributed by atoms with Gasteiger partial charge in [0.1, 0.15) is 0 Å². The van der Waals surface area contributed by atoms with Gasteiger partial charge in [0.15, 0.2) is 0 Å². The Kier molecular flexibility index (Phi) is 5.10. The van der Waals surface area contributed by atoms with Crippen LogP contribution in [0.2, 0.25) is 0 Å². The molecule has 0 aliphatic heterocycles. The average molecular weight is 240 g/mol. The van der Waals surface area contributed by atoms with Crippen LogP contribution in [0.1, 0.15) is 64.2 Å². The van der Waals surface area contributed by atoms with Crippen molar-refractivity contribution in [1.29, 1.82) is 0 Å². The van der Waals surface area contributed by atoms with Gasteiger partial charge in [-0.25, -0.2) is 4.79 Å². The van der Waals surface area contributed by atoms with E-state index in [0.717, 1.165) is 25.7 Å². The molecular weight excluding hydrogens is 216 g/mol. The number of nitrogens with one attached hydrogen (secondary N) is 2. The zero-order valence-electron chi connectivity index (χ0n) is 10.5. The maximum Gasteiger partial charge on any atom is 0.426 e. The molecule has 2 aliphatic carbocycles. The van der Waals surface area contributed by atoms with Gasteiger partial charge in [-0.2, -0.15) is 0 Å². The summed E-state index contributed by atoms with van der Waals surface area (Å²) >= 11 is 0. The van der Waals surface area contributed by atoms with Gasteiger partial charge in [-0.15, -0.1) is 5.48 Å². The first-order chi connectivity index (χ1) is 8.34. The number of amides is 1. The molecule has 2 rings (SSSR count). The molecule has 2 N–H and O–H groups in total. The third kappa shape index (κ3) is 4.54. The molecule has 0 unspecified atom stereocenters. The van der Waals surface area contributed by atoms with Crippen molar-refractivity contribution in [2.24, 2.45) is 0 Å². The summed E-state index contributed by atoms with van der Waals surface area (Å²) in [6.07, 6.45) is 11.7. The third-order valence-electron chi connectivity index (χ3n) is 3.85. The minimum Gasteiger partial charge on any atom is -0.354 e. The molecule has 1 amide bonds. The topological polar surface area (TPSA) is 50.4 Å². The van der Waals surface area contributed by atoms with E-state index < -0.39 is 0 Å². The van der Waals surface area contributed by atoms with E-state index in [4.69, 9.17) is 4.84 Å². The number of hydrogen-bond acceptors (Lipinski definition) is 3. The van der Waals surface area contributed by atoms with Crippen LogP contribution in [0.25, 0.3) is 0 Å². The summed E-state index contributed by atoms with van der Waals surface area (Å²) in [5.41, 5.74) is 2.90. The molecule has 2 fully saturated rings. The Balaban J connectivity index is 1.59. The lowest BCUT2D eigenvalue weighted by atomic mass is 9.96. The minimum atomic E-state index is -0.303. The van der Waals surface area contributed by atoms with Crippen LogP contribution >= 0.6 is 0 Å². The van der Waals surface area contributed by atoms with Gasteiger partial charge in [0.05, 0.1) is 0 Å². The van der Waals surface area contributed by atoms with Crippen LogP contribution in [0.15, 0.2) is 0 Å². The highest BCUT2D eigenvalue weighted by atomic mass is 16.7. The molecule has 4 nitrogen and oxygen atoms in total. The smallest absolute Gasteiger partial charge is 0.354 e. The van der Waals surface area contributed by atoms with Gasteiger partial charge in [-0.3, -0.25) is 0 Å². The first-order valence-electron chi connectivity index (χ1n) is 7.07. The van der Waals surface area contributed by atoms with Crippen LogP contribution < -0.4 is 10.8 Å². The van der Waals surface area contributed by atoms with E-state index in [0.29, 0.717) is 12.1 Å². The van der Waals surface area contributed by atoms with Crippen molar-refractivity contribution >= 4 is 6.09 Å². The van der Waals surface area contributed by atoms with Gasteiger partial charge < -0.3 is 10.2 Å². The Morgan fingerprint density at radius 2 is 1.35 bits per heavy atom. The molecular formula is C13H24N2O2. The van der Waals surface area contributed by atoms with E-state index in [2.05, 4.69) is 10.8 Å². The summed E-state index contributed by atoms with van der Waals surface area (Å²) in [4.78, 5) is 16.6. The number of rotatable bonds is 3. The van der Waals surface area contributed by atoms with E-state index in [1.54, 1.807) is 0 Å². The quantitative estimate of drug-likeness (QED) is 0.746. The van der Waals surface area contributed by atoms with E-state index in [9.17, 15) is 4.79 Å². The van der Waals surface area contributed by atoms with Crippen molar-refractivity contribution < 1.29 is 9.63 Å². The molecule has 17 heavy (non-hydrogen) atoms. The predicted octanol–water partition coefficient (Wildman–Crippen LogP) is 2.88. The zero-order chi connectivity index (χ0) is 11.9. The Morgan fingerprint density at radius 1 is 0.824 bits per heavy atom. The van der Waals surface area contributed by atoms with E-state index in [1.807, 2.05) is 0 Å². The highest BCUT2D eigenvalue weighted by Crippen LogP contribution is 2.18. The summed E-state index contributed by atoms with van der Waals surface area (Å²) in [5, 5.41) is 2.93. The van der Waals surface area contributed by atoms with E-state index in [1.165, 1.54) is 38.5 Å². The first-order valence-corrected chi connectivity index (χ1v) is 7.07. The molecule has 98 valence electrons. The molecule has 0 saturated heterocycles. The molecule has 4 heteroatoms. The van der Waals surface area contributed by atoms with E-state index >= 15 is 0 Å². The lowest BCUT2D eigenvalue weighted by Gasteiger charge is -2.24. The maximum atomic E-state index is 11.6. The second-order valence-corrected chi connectivity index (χ2v) is 5.32. The van der Waals surface area contributed by atoms with Crippen molar-refractivity contribution in [2.45, 2.75) is 76.3 Å². The molecule has 0 radical (unpaired) electrons. The molecule has 0 spiro atoms. The fourth-order valence-electron chi connectivity index (χ4n) is 2.80. The summed E-state index contributed by atoms with van der Waals surface area (Å²) in [5.74, 6) is 0. The van der Waals surface area contributed by atoms with Crippen molar-refractivity contribution in [1.82, 2.24) is 10.8 Å². The lowest BCUT2D eigenvalue weighted by Crippen LogP contribution is -2.41. The number of hydroxylamine groups is 1. The molecule has 0 heterocycles. The van der Waals surface area contributed by atoms with Crippen LogP contribution in [0.5, 0.6) is 0 Å². The second kappa shape index (κ2) is 6.84. The fraction of sp³-hybridized carbons (Fsp3) is 0.923. The molecule has 0 bridgehead atoms. The van der Waals surface area contributed by atoms with Crippen LogP contribution in [0, 0.1) is 0 Å². The van der Waals surface area contributed by atoms with Crippen LogP contribution in [0.4, 0.5) is 4.79 Å². The largest absolute Gasteiger partial charge is 0.426 e. The van der Waals surface area contributed by atoms with Gasteiger partial charge in [0.2, 0.25) is 0 Å².